The standard InChI is InChI=1S/C10H14N4O/c1-2-15-9-5-3-4-8(6-9)7-13-14-10(11)12/h3-7H,2H2,1H3,(H4,11,12,14)/b13-7+. The van der Waals surface area contributed by atoms with Gasteiger partial charge in [0, 0.05) is 0 Å². The molecule has 15 heavy (non-hydrogen) atoms. The van der Waals surface area contributed by atoms with E-state index in [1.165, 1.54) is 0 Å². The molecule has 0 heterocycles. The van der Waals surface area contributed by atoms with Crippen molar-refractivity contribution >= 4 is 12.2 Å². The Bertz CT molecular complexity index is 369. The lowest BCUT2D eigenvalue weighted by atomic mass is 10.2. The first-order chi connectivity index (χ1) is 7.22. The number of nitrogens with zero attached hydrogens (tertiary/aromatic N) is 2. The van der Waals surface area contributed by atoms with Crippen LogP contribution in [0.3, 0.4) is 0 Å². The third kappa shape index (κ3) is 4.12. The summed E-state index contributed by atoms with van der Waals surface area (Å²) in [6, 6.07) is 7.49. The molecule has 0 unspecified atom stereocenters. The first-order valence-electron chi connectivity index (χ1n) is 4.57. The Kier molecular flexibility index (Phi) is 4.15. The van der Waals surface area contributed by atoms with Gasteiger partial charge in [-0.15, -0.1) is 5.10 Å². The monoisotopic (exact) mass is 206 g/mol. The van der Waals surface area contributed by atoms with E-state index in [1.807, 2.05) is 31.2 Å². The van der Waals surface area contributed by atoms with Crippen LogP contribution in [-0.4, -0.2) is 18.8 Å². The van der Waals surface area contributed by atoms with Gasteiger partial charge in [0.2, 0.25) is 5.96 Å². The molecule has 1 aromatic carbocycles. The molecule has 0 bridgehead atoms. The molecule has 4 N–H and O–H groups in total. The lowest BCUT2D eigenvalue weighted by Gasteiger charge is -2.02. The maximum atomic E-state index is 5.33. The molecule has 0 saturated heterocycles. The molecule has 5 nitrogen and oxygen atoms in total. The maximum absolute atomic E-state index is 5.33. The number of hydrogen-bond donors (Lipinski definition) is 2. The topological polar surface area (TPSA) is 86.0 Å². The fourth-order valence-electron chi connectivity index (χ4n) is 1.01. The van der Waals surface area contributed by atoms with Gasteiger partial charge in [-0.1, -0.05) is 12.1 Å². The molecule has 1 rings (SSSR count). The van der Waals surface area contributed by atoms with Crippen LogP contribution >= 0.6 is 0 Å². The van der Waals surface area contributed by atoms with E-state index in [-0.39, 0.29) is 5.96 Å². The van der Waals surface area contributed by atoms with E-state index in [4.69, 9.17) is 16.2 Å². The minimum absolute atomic E-state index is 0.0628. The van der Waals surface area contributed by atoms with Gasteiger partial charge in [0.05, 0.1) is 12.8 Å². The van der Waals surface area contributed by atoms with Crippen LogP contribution in [0.25, 0.3) is 0 Å². The van der Waals surface area contributed by atoms with E-state index < -0.39 is 0 Å². The Morgan fingerprint density at radius 3 is 2.93 bits per heavy atom. The van der Waals surface area contributed by atoms with Crippen LogP contribution in [-0.2, 0) is 0 Å². The maximum Gasteiger partial charge on any atom is 0.211 e. The molecule has 1 aromatic rings. The summed E-state index contributed by atoms with van der Waals surface area (Å²) < 4.78 is 5.33. The summed E-state index contributed by atoms with van der Waals surface area (Å²) in [5, 5.41) is 7.20. The van der Waals surface area contributed by atoms with Gasteiger partial charge in [0.15, 0.2) is 0 Å². The Labute approximate surface area is 88.4 Å². The van der Waals surface area contributed by atoms with E-state index in [1.54, 1.807) is 6.21 Å². The minimum Gasteiger partial charge on any atom is -0.494 e. The van der Waals surface area contributed by atoms with Crippen molar-refractivity contribution in [2.75, 3.05) is 6.61 Å². The van der Waals surface area contributed by atoms with Gasteiger partial charge in [0.25, 0.3) is 0 Å². The normalized spacial score (nSPS) is 10.2. The van der Waals surface area contributed by atoms with Crippen molar-refractivity contribution in [1.82, 2.24) is 0 Å². The van der Waals surface area contributed by atoms with Crippen LogP contribution in [0.5, 0.6) is 5.75 Å². The number of rotatable bonds is 4. The zero-order chi connectivity index (χ0) is 11.1. The Morgan fingerprint density at radius 1 is 1.47 bits per heavy atom. The first-order valence-corrected chi connectivity index (χ1v) is 4.57. The zero-order valence-corrected chi connectivity index (χ0v) is 8.55. The molecule has 0 aliphatic rings. The highest BCUT2D eigenvalue weighted by atomic mass is 16.5. The van der Waals surface area contributed by atoms with E-state index in [2.05, 4.69) is 10.2 Å². The summed E-state index contributed by atoms with van der Waals surface area (Å²) in [6.07, 6.45) is 1.56. The smallest absolute Gasteiger partial charge is 0.211 e. The lowest BCUT2D eigenvalue weighted by Crippen LogP contribution is -2.21. The van der Waals surface area contributed by atoms with Gasteiger partial charge in [-0.05, 0) is 24.6 Å². The molecule has 5 heteroatoms. The average molecular weight is 206 g/mol. The van der Waals surface area contributed by atoms with Crippen LogP contribution in [0.2, 0.25) is 0 Å². The van der Waals surface area contributed by atoms with Crippen molar-refractivity contribution < 1.29 is 4.74 Å². The van der Waals surface area contributed by atoms with Gasteiger partial charge >= 0.3 is 0 Å². The van der Waals surface area contributed by atoms with Crippen LogP contribution in [0.4, 0.5) is 0 Å². The largest absolute Gasteiger partial charge is 0.494 e. The third-order valence-electron chi connectivity index (χ3n) is 1.55. The Balaban J connectivity index is 2.73. The van der Waals surface area contributed by atoms with Gasteiger partial charge in [-0.25, -0.2) is 0 Å². The highest BCUT2D eigenvalue weighted by molar-refractivity contribution is 5.81. The zero-order valence-electron chi connectivity index (χ0n) is 8.55. The van der Waals surface area contributed by atoms with E-state index in [0.717, 1.165) is 11.3 Å². The summed E-state index contributed by atoms with van der Waals surface area (Å²) in [7, 11) is 0. The molecule has 0 radical (unpaired) electrons. The van der Waals surface area contributed by atoms with Crippen LogP contribution < -0.4 is 16.2 Å². The number of hydrogen-bond acceptors (Lipinski definition) is 3. The molecule has 0 aliphatic carbocycles. The van der Waals surface area contributed by atoms with Crippen molar-refractivity contribution in [1.29, 1.82) is 0 Å². The fourth-order valence-corrected chi connectivity index (χ4v) is 1.01. The fraction of sp³-hybridized carbons (Fsp3) is 0.200. The number of guanidine groups is 1. The van der Waals surface area contributed by atoms with Gasteiger partial charge in [-0.3, -0.25) is 0 Å². The van der Waals surface area contributed by atoms with Crippen LogP contribution in [0, 0.1) is 0 Å². The highest BCUT2D eigenvalue weighted by Crippen LogP contribution is 2.11. The number of ether oxygens (including phenoxy) is 1. The molecule has 0 saturated carbocycles. The van der Waals surface area contributed by atoms with E-state index in [0.29, 0.717) is 6.61 Å². The summed E-state index contributed by atoms with van der Waals surface area (Å²) in [6.45, 7) is 2.56. The molecule has 0 amide bonds. The second-order valence-electron chi connectivity index (χ2n) is 2.77. The molecular formula is C10H14N4O. The lowest BCUT2D eigenvalue weighted by molar-refractivity contribution is 0.340. The van der Waals surface area contributed by atoms with Gasteiger partial charge in [0.1, 0.15) is 5.75 Å². The van der Waals surface area contributed by atoms with Crippen molar-refractivity contribution in [3.8, 4) is 5.75 Å². The number of nitrogens with two attached hydrogens (primary N) is 2. The molecule has 0 aliphatic heterocycles. The second-order valence-corrected chi connectivity index (χ2v) is 2.77. The van der Waals surface area contributed by atoms with Crippen molar-refractivity contribution in [3.05, 3.63) is 29.8 Å². The molecule has 0 fully saturated rings. The van der Waals surface area contributed by atoms with E-state index >= 15 is 0 Å². The Hall–Kier alpha value is -2.04. The van der Waals surface area contributed by atoms with Crippen molar-refractivity contribution in [2.45, 2.75) is 6.92 Å². The van der Waals surface area contributed by atoms with Gasteiger partial charge < -0.3 is 16.2 Å². The van der Waals surface area contributed by atoms with Crippen LogP contribution in [0.1, 0.15) is 12.5 Å². The highest BCUT2D eigenvalue weighted by Gasteiger charge is 1.92. The second kappa shape index (κ2) is 5.64. The summed E-state index contributed by atoms with van der Waals surface area (Å²) >= 11 is 0. The molecule has 0 atom stereocenters. The molecule has 80 valence electrons. The quantitative estimate of drug-likeness (QED) is 0.432. The summed E-state index contributed by atoms with van der Waals surface area (Å²) in [5.41, 5.74) is 11.1. The predicted molar refractivity (Wildman–Crippen MR) is 61.0 cm³/mol. The minimum atomic E-state index is -0.0628. The third-order valence-corrected chi connectivity index (χ3v) is 1.55. The molecule has 0 aromatic heterocycles. The van der Waals surface area contributed by atoms with Crippen LogP contribution in [0.15, 0.2) is 34.5 Å². The first kappa shape index (κ1) is 11.0. The Morgan fingerprint density at radius 2 is 2.27 bits per heavy atom. The SMILES string of the molecule is CCOc1cccc(/C=N/N=C(N)N)c1. The number of benzene rings is 1. The van der Waals surface area contributed by atoms with Gasteiger partial charge in [-0.2, -0.15) is 5.10 Å². The van der Waals surface area contributed by atoms with Crippen molar-refractivity contribution in [3.63, 3.8) is 0 Å². The van der Waals surface area contributed by atoms with Crippen molar-refractivity contribution in [2.24, 2.45) is 21.7 Å². The molecular weight excluding hydrogens is 192 g/mol. The average Bonchev–Trinajstić information content (AvgIpc) is 2.18. The summed E-state index contributed by atoms with van der Waals surface area (Å²) in [4.78, 5) is 0. The summed E-state index contributed by atoms with van der Waals surface area (Å²) in [5.74, 6) is 0.735. The molecule has 0 spiro atoms. The predicted octanol–water partition coefficient (Wildman–Crippen LogP) is 0.693. The van der Waals surface area contributed by atoms with E-state index in [9.17, 15) is 0 Å².